The van der Waals surface area contributed by atoms with Gasteiger partial charge in [0.2, 0.25) is 11.8 Å². The number of carbonyl (C=O) groups is 2. The summed E-state index contributed by atoms with van der Waals surface area (Å²) in [5.74, 6) is -0.940. The van der Waals surface area contributed by atoms with E-state index in [1.54, 1.807) is 96.4 Å². The molecule has 8 nitrogen and oxygen atoms in total. The van der Waals surface area contributed by atoms with E-state index in [1.807, 2.05) is 9.80 Å². The molecule has 4 saturated heterocycles. The van der Waals surface area contributed by atoms with Crippen LogP contribution < -0.4 is 9.80 Å². The van der Waals surface area contributed by atoms with Gasteiger partial charge in [-0.3, -0.25) is 19.4 Å². The second-order valence-corrected chi connectivity index (χ2v) is 15.5. The summed E-state index contributed by atoms with van der Waals surface area (Å²) in [5, 5.41) is 18.8. The van der Waals surface area contributed by atoms with Gasteiger partial charge in [-0.25, -0.2) is 17.6 Å². The van der Waals surface area contributed by atoms with E-state index in [-0.39, 0.29) is 72.0 Å². The molecular formula is C44H48F4N4O4. The van der Waals surface area contributed by atoms with Gasteiger partial charge < -0.3 is 20.0 Å². The number of alkyl halides is 2. The van der Waals surface area contributed by atoms with Gasteiger partial charge in [-0.05, 0) is 123 Å². The monoisotopic (exact) mass is 772 g/mol. The van der Waals surface area contributed by atoms with Gasteiger partial charge in [0.15, 0.2) is 0 Å². The van der Waals surface area contributed by atoms with Crippen LogP contribution in [-0.4, -0.2) is 95.5 Å². The van der Waals surface area contributed by atoms with Crippen LogP contribution in [0.2, 0.25) is 0 Å². The predicted molar refractivity (Wildman–Crippen MR) is 208 cm³/mol. The number of rotatable bonds is 6. The van der Waals surface area contributed by atoms with Gasteiger partial charge in [0.1, 0.15) is 35.5 Å². The van der Waals surface area contributed by atoms with Gasteiger partial charge in [0.25, 0.3) is 0 Å². The number of phenolic OH excluding ortho intramolecular Hbond substituents is 2. The molecule has 0 aromatic heterocycles. The van der Waals surface area contributed by atoms with Crippen LogP contribution in [0.3, 0.4) is 0 Å². The molecule has 4 aromatic rings. The molecule has 4 aliphatic rings. The molecule has 0 spiro atoms. The largest absolute Gasteiger partial charge is 0.508 e. The number of carbonyl (C=O) groups excluding carboxylic acids is 2. The Labute approximate surface area is 324 Å². The first-order valence-corrected chi connectivity index (χ1v) is 19.4. The van der Waals surface area contributed by atoms with Crippen molar-refractivity contribution in [2.45, 2.75) is 75.8 Å². The van der Waals surface area contributed by atoms with Crippen LogP contribution >= 0.6 is 0 Å². The molecule has 12 heteroatoms. The van der Waals surface area contributed by atoms with Crippen LogP contribution in [0, 0.1) is 25.5 Å². The first-order chi connectivity index (χ1) is 26.9. The number of phenols is 2. The topological polar surface area (TPSA) is 87.6 Å². The molecule has 2 amide bonds. The maximum Gasteiger partial charge on any atom is 0.244 e. The van der Waals surface area contributed by atoms with E-state index in [2.05, 4.69) is 0 Å². The van der Waals surface area contributed by atoms with E-state index in [0.717, 1.165) is 11.1 Å². The van der Waals surface area contributed by atoms with Gasteiger partial charge >= 0.3 is 0 Å². The van der Waals surface area contributed by atoms with Gasteiger partial charge in [-0.2, -0.15) is 0 Å². The van der Waals surface area contributed by atoms with Gasteiger partial charge in [-0.1, -0.05) is 36.4 Å². The molecule has 296 valence electrons. The quantitative estimate of drug-likeness (QED) is 0.197. The molecule has 0 radical (unpaired) electrons. The number of benzene rings is 4. The van der Waals surface area contributed by atoms with Crippen molar-refractivity contribution in [2.75, 3.05) is 49.1 Å². The van der Waals surface area contributed by atoms with Gasteiger partial charge in [0, 0.05) is 49.4 Å². The van der Waals surface area contributed by atoms with E-state index in [4.69, 9.17) is 0 Å². The third-order valence-corrected chi connectivity index (χ3v) is 12.0. The number of piperidine rings is 2. The fourth-order valence-corrected chi connectivity index (χ4v) is 8.64. The molecule has 8 rings (SSSR count). The second-order valence-electron chi connectivity index (χ2n) is 15.5. The van der Waals surface area contributed by atoms with Crippen LogP contribution in [-0.2, 0) is 9.59 Å². The standard InChI is InChI=1S/2C22H24F2N2O2/c2*1-14-2-5-16(12-19(14)23)26-11-9-21(22(26)28)25-10-8-18(20(24)13-25)15-3-6-17(27)7-4-15/h2*2-7,12,18,20-21,27H,8-11,13H2,1H3/t18-,20+,21+;18-,20+,21-/m11/s1. The first kappa shape index (κ1) is 39.3. The number of anilines is 2. The molecule has 0 bridgehead atoms. The van der Waals surface area contributed by atoms with Crippen molar-refractivity contribution in [1.29, 1.82) is 0 Å². The Morgan fingerprint density at radius 3 is 1.25 bits per heavy atom. The van der Waals surface area contributed by atoms with E-state index in [9.17, 15) is 37.4 Å². The van der Waals surface area contributed by atoms with Crippen LogP contribution in [0.4, 0.5) is 28.9 Å². The summed E-state index contributed by atoms with van der Waals surface area (Å²) in [4.78, 5) is 32.9. The van der Waals surface area contributed by atoms with Crippen molar-refractivity contribution in [3.8, 4) is 11.5 Å². The molecular weight excluding hydrogens is 725 g/mol. The van der Waals surface area contributed by atoms with E-state index in [1.165, 1.54) is 12.1 Å². The fraction of sp³-hybridized carbons (Fsp3) is 0.409. The van der Waals surface area contributed by atoms with E-state index < -0.39 is 12.3 Å². The molecule has 0 unspecified atom stereocenters. The Morgan fingerprint density at radius 1 is 0.536 bits per heavy atom. The summed E-state index contributed by atoms with van der Waals surface area (Å²) < 4.78 is 57.6. The zero-order valence-corrected chi connectivity index (χ0v) is 31.6. The summed E-state index contributed by atoms with van der Waals surface area (Å²) in [6, 6.07) is 22.3. The van der Waals surface area contributed by atoms with Crippen molar-refractivity contribution in [3.63, 3.8) is 0 Å². The zero-order chi connectivity index (χ0) is 39.7. The van der Waals surface area contributed by atoms with Crippen molar-refractivity contribution in [2.24, 2.45) is 0 Å². The van der Waals surface area contributed by atoms with Gasteiger partial charge in [-0.15, -0.1) is 0 Å². The maximum atomic E-state index is 14.9. The zero-order valence-electron chi connectivity index (χ0n) is 31.6. The number of aryl methyl sites for hydroxylation is 2. The minimum atomic E-state index is -1.07. The highest BCUT2D eigenvalue weighted by Crippen LogP contribution is 2.36. The van der Waals surface area contributed by atoms with Gasteiger partial charge in [0.05, 0.1) is 12.1 Å². The Kier molecular flexibility index (Phi) is 11.7. The van der Waals surface area contributed by atoms with E-state index >= 15 is 0 Å². The maximum absolute atomic E-state index is 14.9. The summed E-state index contributed by atoms with van der Waals surface area (Å²) in [6.45, 7) is 6.09. The normalized spacial score (nSPS) is 26.0. The Morgan fingerprint density at radius 2 is 0.911 bits per heavy atom. The minimum Gasteiger partial charge on any atom is -0.508 e. The molecule has 4 fully saturated rings. The number of nitrogens with zero attached hydrogens (tertiary/aromatic N) is 4. The number of hydrogen-bond acceptors (Lipinski definition) is 6. The lowest BCUT2D eigenvalue weighted by molar-refractivity contribution is -0.123. The van der Waals surface area contributed by atoms with Crippen LogP contribution in [0.5, 0.6) is 11.5 Å². The number of amides is 2. The minimum absolute atomic E-state index is 0.0847. The highest BCUT2D eigenvalue weighted by Gasteiger charge is 2.42. The highest BCUT2D eigenvalue weighted by atomic mass is 19.1. The van der Waals surface area contributed by atoms with Crippen molar-refractivity contribution >= 4 is 23.2 Å². The SMILES string of the molecule is Cc1ccc(N2CC[C@@H](N3CC[C@H](c4ccc(O)cc4)[C@@H](F)C3)C2=O)cc1F.Cc1ccc(N2CC[C@H](N3CC[C@H](c4ccc(O)cc4)[C@@H](F)C3)C2=O)cc1F. The summed E-state index contributed by atoms with van der Waals surface area (Å²) in [7, 11) is 0. The Balaban J connectivity index is 0.000000172. The average Bonchev–Trinajstić information content (AvgIpc) is 3.77. The van der Waals surface area contributed by atoms with Crippen molar-refractivity contribution < 1.29 is 37.4 Å². The molecule has 2 N–H and O–H groups in total. The number of likely N-dealkylation sites (tertiary alicyclic amines) is 2. The van der Waals surface area contributed by atoms with Crippen molar-refractivity contribution in [1.82, 2.24) is 9.80 Å². The molecule has 4 heterocycles. The lowest BCUT2D eigenvalue weighted by Crippen LogP contribution is -2.49. The summed E-state index contributed by atoms with van der Waals surface area (Å²) >= 11 is 0. The van der Waals surface area contributed by atoms with Crippen molar-refractivity contribution in [3.05, 3.63) is 119 Å². The number of aromatic hydroxyl groups is 2. The molecule has 6 atom stereocenters. The fourth-order valence-electron chi connectivity index (χ4n) is 8.64. The molecule has 0 aliphatic carbocycles. The third kappa shape index (κ3) is 8.27. The molecule has 4 aliphatic heterocycles. The number of hydrogen-bond donors (Lipinski definition) is 2. The predicted octanol–water partition coefficient (Wildman–Crippen LogP) is 7.55. The molecule has 0 saturated carbocycles. The highest BCUT2D eigenvalue weighted by molar-refractivity contribution is 6.00. The van der Waals surface area contributed by atoms with Crippen LogP contribution in [0.15, 0.2) is 84.9 Å². The van der Waals surface area contributed by atoms with Crippen LogP contribution in [0.25, 0.3) is 0 Å². The lowest BCUT2D eigenvalue weighted by atomic mass is 9.87. The molecule has 56 heavy (non-hydrogen) atoms. The Hall–Kier alpha value is -4.94. The molecule has 4 aromatic carbocycles. The number of halogens is 4. The smallest absolute Gasteiger partial charge is 0.244 e. The lowest BCUT2D eigenvalue weighted by Gasteiger charge is -2.37. The summed E-state index contributed by atoms with van der Waals surface area (Å²) in [5.41, 5.74) is 3.96. The average molecular weight is 773 g/mol. The first-order valence-electron chi connectivity index (χ1n) is 19.4. The third-order valence-electron chi connectivity index (χ3n) is 12.0. The second kappa shape index (κ2) is 16.7. The Bertz CT molecular complexity index is 1890. The van der Waals surface area contributed by atoms with Crippen LogP contribution in [0.1, 0.15) is 59.8 Å². The van der Waals surface area contributed by atoms with E-state index in [0.29, 0.717) is 74.4 Å². The summed E-state index contributed by atoms with van der Waals surface area (Å²) in [6.07, 6.45) is 0.327.